The van der Waals surface area contributed by atoms with Gasteiger partial charge in [-0.3, -0.25) is 0 Å². The summed E-state index contributed by atoms with van der Waals surface area (Å²) in [6.07, 6.45) is -27.5. The number of rotatable bonds is 12. The highest BCUT2D eigenvalue weighted by Gasteiger charge is 2.57. The quantitative estimate of drug-likeness (QED) is 0.145. The summed E-state index contributed by atoms with van der Waals surface area (Å²) < 4.78 is 195. The Morgan fingerprint density at radius 3 is 0.763 bits per heavy atom. The van der Waals surface area contributed by atoms with Crippen molar-refractivity contribution in [1.82, 2.24) is 0 Å². The Morgan fingerprint density at radius 1 is 0.339 bits per heavy atom. The normalized spacial score (nSPS) is 52.2. The molecule has 0 aromatic carbocycles. The van der Waals surface area contributed by atoms with E-state index >= 15 is 13.2 Å². The van der Waals surface area contributed by atoms with Gasteiger partial charge >= 0.3 is 0 Å². The lowest BCUT2D eigenvalue weighted by Crippen LogP contribution is -2.57. The number of alkyl halides is 12. The number of halogens is 12. The average molecular weight is 865 g/mol. The van der Waals surface area contributed by atoms with Crippen LogP contribution in [0.1, 0.15) is 84.0 Å². The molecule has 18 unspecified atom stereocenters. The molecule has 0 bridgehead atoms. The third kappa shape index (κ3) is 8.92. The van der Waals surface area contributed by atoms with E-state index in [1.54, 1.807) is 0 Å². The predicted molar refractivity (Wildman–Crippen MR) is 200 cm³/mol. The zero-order valence-electron chi connectivity index (χ0n) is 33.5. The Labute approximate surface area is 340 Å². The highest BCUT2D eigenvalue weighted by atomic mass is 19.2. The van der Waals surface area contributed by atoms with Gasteiger partial charge in [0.05, 0.1) is 18.3 Å². The van der Waals surface area contributed by atoms with Crippen molar-refractivity contribution in [1.29, 1.82) is 0 Å². The van der Waals surface area contributed by atoms with Gasteiger partial charge in [-0.1, -0.05) is 25.2 Å². The van der Waals surface area contributed by atoms with Crippen LogP contribution in [-0.4, -0.2) is 111 Å². The Hall–Kier alpha value is -1.74. The molecule has 59 heavy (non-hydrogen) atoms. The Bertz CT molecular complexity index is 1230. The molecule has 0 aromatic heterocycles. The molecule has 0 saturated heterocycles. The lowest BCUT2D eigenvalue weighted by molar-refractivity contribution is -0.176. The van der Waals surface area contributed by atoms with E-state index in [4.69, 9.17) is 14.2 Å². The van der Waals surface area contributed by atoms with Gasteiger partial charge in [-0.05, 0) is 100 Å². The van der Waals surface area contributed by atoms with Crippen molar-refractivity contribution in [2.75, 3.05) is 0 Å². The van der Waals surface area contributed by atoms with Gasteiger partial charge < -0.3 is 14.2 Å². The summed E-state index contributed by atoms with van der Waals surface area (Å²) in [5, 5.41) is 0. The fraction of sp³-hybridized carbons (Fsp3) is 0.864. The van der Waals surface area contributed by atoms with E-state index in [9.17, 15) is 39.5 Å². The van der Waals surface area contributed by atoms with Gasteiger partial charge in [0.15, 0.2) is 37.0 Å². The van der Waals surface area contributed by atoms with Gasteiger partial charge in [0, 0.05) is 17.8 Å². The van der Waals surface area contributed by atoms with E-state index in [1.807, 2.05) is 0 Å². The zero-order chi connectivity index (χ0) is 43.1. The second-order valence-corrected chi connectivity index (χ2v) is 18.4. The molecule has 6 saturated carbocycles. The minimum Gasteiger partial charge on any atom is -0.369 e. The minimum atomic E-state index is -2.56. The molecule has 6 fully saturated rings. The van der Waals surface area contributed by atoms with Crippen LogP contribution in [0.25, 0.3) is 0 Å². The molecule has 0 heterocycles. The van der Waals surface area contributed by atoms with Gasteiger partial charge in [0.2, 0.25) is 0 Å². The Balaban J connectivity index is 1.14. The van der Waals surface area contributed by atoms with Gasteiger partial charge in [0.25, 0.3) is 0 Å². The first-order valence-corrected chi connectivity index (χ1v) is 21.5. The standard InChI is InChI=1S/C44H60F12O3/c1-5-26-29(45)35(51)38(54)41(32(26)48)57-23-14-8-20(9-15-23)44(4,21-10-16-24(17-11-21)58-42-33(49)27(6-2)30(46)36(52)39(42)55)22-12-18-25(19-13-22)59-43-34(50)28(7-3)31(47)37(53)40(43)56/h5-7,20-43H,1-3,8-19H2,4H3. The highest BCUT2D eigenvalue weighted by Crippen LogP contribution is 2.57. The zero-order valence-corrected chi connectivity index (χ0v) is 33.5. The predicted octanol–water partition coefficient (Wildman–Crippen LogP) is 11.3. The molecule has 6 rings (SSSR count). The van der Waals surface area contributed by atoms with Crippen LogP contribution in [0.15, 0.2) is 38.0 Å². The maximum Gasteiger partial charge on any atom is 0.165 e. The van der Waals surface area contributed by atoms with Crippen LogP contribution < -0.4 is 0 Å². The van der Waals surface area contributed by atoms with Gasteiger partial charge in [-0.25, -0.2) is 52.7 Å². The van der Waals surface area contributed by atoms with E-state index in [1.165, 1.54) is 0 Å². The Morgan fingerprint density at radius 2 is 0.559 bits per heavy atom. The SMILES string of the molecule is C=CC1C(F)C(F)C(F)C(OC2CCC(C(C)(C3CCC(OC4C(F)C(F)C(F)C(C=C)C4F)CC3)C3CCC(OC4C(F)C(F)C(F)C(C=C)C4F)CC3)CC2)C1F. The van der Waals surface area contributed by atoms with Crippen molar-refractivity contribution in [3.63, 3.8) is 0 Å². The van der Waals surface area contributed by atoms with Crippen LogP contribution in [0.2, 0.25) is 0 Å². The molecule has 0 amide bonds. The van der Waals surface area contributed by atoms with Crippen molar-refractivity contribution in [3.8, 4) is 0 Å². The third-order valence-electron chi connectivity index (χ3n) is 15.4. The number of ether oxygens (including phenoxy) is 3. The van der Waals surface area contributed by atoms with Crippen molar-refractivity contribution in [3.05, 3.63) is 38.0 Å². The molecule has 6 aliphatic carbocycles. The molecule has 338 valence electrons. The molecule has 0 radical (unpaired) electrons. The second-order valence-electron chi connectivity index (χ2n) is 18.4. The fourth-order valence-electron chi connectivity index (χ4n) is 11.8. The molecule has 0 N–H and O–H groups in total. The van der Waals surface area contributed by atoms with Crippen LogP contribution in [0.4, 0.5) is 52.7 Å². The van der Waals surface area contributed by atoms with Crippen molar-refractivity contribution in [2.24, 2.45) is 40.9 Å². The fourth-order valence-corrected chi connectivity index (χ4v) is 11.8. The van der Waals surface area contributed by atoms with Crippen LogP contribution >= 0.6 is 0 Å². The van der Waals surface area contributed by atoms with Crippen molar-refractivity contribution >= 4 is 0 Å². The molecule has 0 aliphatic heterocycles. The van der Waals surface area contributed by atoms with Crippen LogP contribution in [-0.2, 0) is 14.2 Å². The largest absolute Gasteiger partial charge is 0.369 e. The van der Waals surface area contributed by atoms with Gasteiger partial charge in [-0.15, -0.1) is 19.7 Å². The minimum absolute atomic E-state index is 0.0305. The number of hydrogen-bond donors (Lipinski definition) is 0. The first kappa shape index (κ1) is 46.8. The number of hydrogen-bond acceptors (Lipinski definition) is 3. The van der Waals surface area contributed by atoms with Gasteiger partial charge in [0.1, 0.15) is 55.3 Å². The molecule has 0 spiro atoms. The summed E-state index contributed by atoms with van der Waals surface area (Å²) in [4.78, 5) is 0. The monoisotopic (exact) mass is 864 g/mol. The summed E-state index contributed by atoms with van der Waals surface area (Å²) in [6.45, 7) is 12.3. The highest BCUT2D eigenvalue weighted by molar-refractivity contribution is 5.09. The van der Waals surface area contributed by atoms with E-state index < -0.39 is 134 Å². The van der Waals surface area contributed by atoms with Crippen LogP contribution in [0.3, 0.4) is 0 Å². The summed E-state index contributed by atoms with van der Waals surface area (Å²) in [7, 11) is 0. The lowest BCUT2D eigenvalue weighted by Gasteiger charge is -2.55. The molecule has 3 nitrogen and oxygen atoms in total. The maximum atomic E-state index is 15.3. The summed E-state index contributed by atoms with van der Waals surface area (Å²) in [6, 6.07) is 0. The maximum absolute atomic E-state index is 15.3. The Kier molecular flexibility index (Phi) is 15.3. The molecule has 6 aliphatic rings. The molecule has 0 aromatic rings. The topological polar surface area (TPSA) is 27.7 Å². The molecular weight excluding hydrogens is 804 g/mol. The molecule has 15 heteroatoms. The van der Waals surface area contributed by atoms with Crippen LogP contribution in [0.5, 0.6) is 0 Å². The van der Waals surface area contributed by atoms with E-state index in [0.717, 1.165) is 18.2 Å². The van der Waals surface area contributed by atoms with E-state index in [0.29, 0.717) is 77.0 Å². The third-order valence-corrected chi connectivity index (χ3v) is 15.4. The van der Waals surface area contributed by atoms with E-state index in [-0.39, 0.29) is 17.8 Å². The smallest absolute Gasteiger partial charge is 0.165 e. The van der Waals surface area contributed by atoms with Crippen LogP contribution in [0, 0.1) is 40.9 Å². The second kappa shape index (κ2) is 19.3. The lowest BCUT2D eigenvalue weighted by atomic mass is 9.52. The van der Waals surface area contributed by atoms with Crippen molar-refractivity contribution in [2.45, 2.75) is 195 Å². The first-order valence-electron chi connectivity index (χ1n) is 21.5. The molecular formula is C44H60F12O3. The molecule has 18 atom stereocenters. The summed E-state index contributed by atoms with van der Waals surface area (Å²) in [5.74, 6) is -4.58. The summed E-state index contributed by atoms with van der Waals surface area (Å²) >= 11 is 0. The number of allylic oxidation sites excluding steroid dienone is 3. The summed E-state index contributed by atoms with van der Waals surface area (Å²) in [5.41, 5.74) is -0.415. The van der Waals surface area contributed by atoms with Gasteiger partial charge in [-0.2, -0.15) is 0 Å². The van der Waals surface area contributed by atoms with Crippen molar-refractivity contribution < 1.29 is 66.9 Å². The average Bonchev–Trinajstić information content (AvgIpc) is 3.24. The van der Waals surface area contributed by atoms with E-state index in [2.05, 4.69) is 26.7 Å². The first-order chi connectivity index (χ1) is 28.0.